The Bertz CT molecular complexity index is 872. The van der Waals surface area contributed by atoms with E-state index in [1.165, 1.54) is 48.5 Å². The first-order valence-corrected chi connectivity index (χ1v) is 10.0. The molecule has 5 nitrogen and oxygen atoms in total. The molecule has 1 aliphatic rings. The van der Waals surface area contributed by atoms with Crippen molar-refractivity contribution in [3.8, 4) is 0 Å². The molecule has 3 rings (SSSR count). The van der Waals surface area contributed by atoms with Gasteiger partial charge >= 0.3 is 0 Å². The number of piperidine rings is 1. The van der Waals surface area contributed by atoms with Gasteiger partial charge in [-0.2, -0.15) is 0 Å². The lowest BCUT2D eigenvalue weighted by Crippen LogP contribution is -2.37. The molecule has 0 atom stereocenters. The summed E-state index contributed by atoms with van der Waals surface area (Å²) >= 11 is 0. The molecule has 0 aliphatic carbocycles. The molecular formula is C19H21FN2O3S. The number of hydrogen-bond acceptors (Lipinski definition) is 3. The molecule has 2 aromatic carbocycles. The summed E-state index contributed by atoms with van der Waals surface area (Å²) in [5, 5.41) is 0. The monoisotopic (exact) mass is 376 g/mol. The van der Waals surface area contributed by atoms with Crippen molar-refractivity contribution < 1.29 is 17.6 Å². The van der Waals surface area contributed by atoms with Crippen LogP contribution in [0.3, 0.4) is 0 Å². The first-order valence-electron chi connectivity index (χ1n) is 8.53. The third-order valence-corrected chi connectivity index (χ3v) is 5.98. The van der Waals surface area contributed by atoms with Crippen molar-refractivity contribution in [2.75, 3.05) is 17.8 Å². The normalized spacial score (nSPS) is 15.7. The Morgan fingerprint density at radius 1 is 1.04 bits per heavy atom. The van der Waals surface area contributed by atoms with Crippen LogP contribution in [0.15, 0.2) is 53.4 Å². The zero-order valence-corrected chi connectivity index (χ0v) is 15.3. The maximum atomic E-state index is 12.9. The smallest absolute Gasteiger partial charge is 0.261 e. The minimum absolute atomic E-state index is 0.0469. The Hall–Kier alpha value is -2.41. The van der Waals surface area contributed by atoms with Crippen molar-refractivity contribution in [3.63, 3.8) is 0 Å². The number of amides is 1. The van der Waals surface area contributed by atoms with Crippen molar-refractivity contribution in [1.82, 2.24) is 4.90 Å². The molecule has 0 saturated carbocycles. The number of carbonyl (C=O) groups excluding carboxylic acids is 1. The van der Waals surface area contributed by atoms with Gasteiger partial charge in [0, 0.05) is 24.3 Å². The third kappa shape index (κ3) is 4.22. The fourth-order valence-corrected chi connectivity index (χ4v) is 3.96. The van der Waals surface area contributed by atoms with Crippen LogP contribution in [0.4, 0.5) is 10.1 Å². The van der Waals surface area contributed by atoms with E-state index in [2.05, 4.69) is 11.6 Å². The molecule has 0 unspecified atom stereocenters. The van der Waals surface area contributed by atoms with Gasteiger partial charge in [0.1, 0.15) is 5.82 Å². The van der Waals surface area contributed by atoms with Crippen LogP contribution in [0.1, 0.15) is 30.1 Å². The lowest BCUT2D eigenvalue weighted by molar-refractivity contribution is 0.0697. The molecule has 1 heterocycles. The van der Waals surface area contributed by atoms with Crippen LogP contribution in [0, 0.1) is 11.7 Å². The zero-order valence-electron chi connectivity index (χ0n) is 14.5. The van der Waals surface area contributed by atoms with Gasteiger partial charge in [0.05, 0.1) is 4.90 Å². The summed E-state index contributed by atoms with van der Waals surface area (Å²) in [4.78, 5) is 14.4. The number of anilines is 1. The number of halogens is 1. The van der Waals surface area contributed by atoms with Gasteiger partial charge in [-0.05, 0) is 67.3 Å². The zero-order chi connectivity index (χ0) is 18.7. The topological polar surface area (TPSA) is 66.5 Å². The van der Waals surface area contributed by atoms with Crippen LogP contribution < -0.4 is 4.72 Å². The molecule has 0 bridgehead atoms. The van der Waals surface area contributed by atoms with Gasteiger partial charge in [-0.1, -0.05) is 6.92 Å². The summed E-state index contributed by atoms with van der Waals surface area (Å²) in [6, 6.07) is 10.9. The molecule has 0 spiro atoms. The summed E-state index contributed by atoms with van der Waals surface area (Å²) in [5.41, 5.74) is 0.745. The number of benzene rings is 2. The summed E-state index contributed by atoms with van der Waals surface area (Å²) < 4.78 is 40.1. The SMILES string of the molecule is CC1CCN(C(=O)c2ccc(S(=O)(=O)Nc3ccc(F)cc3)cc2)CC1. The van der Waals surface area contributed by atoms with Crippen molar-refractivity contribution in [2.45, 2.75) is 24.7 Å². The predicted octanol–water partition coefficient (Wildman–Crippen LogP) is 3.50. The molecule has 0 radical (unpaired) electrons. The second-order valence-corrected chi connectivity index (χ2v) is 8.29. The van der Waals surface area contributed by atoms with Gasteiger partial charge in [-0.25, -0.2) is 12.8 Å². The lowest BCUT2D eigenvalue weighted by atomic mass is 9.98. The van der Waals surface area contributed by atoms with Crippen LogP contribution in [0.25, 0.3) is 0 Å². The molecular weight excluding hydrogens is 355 g/mol. The fraction of sp³-hybridized carbons (Fsp3) is 0.316. The molecule has 7 heteroatoms. The maximum Gasteiger partial charge on any atom is 0.261 e. The molecule has 0 aromatic heterocycles. The van der Waals surface area contributed by atoms with Gasteiger partial charge in [0.2, 0.25) is 0 Å². The van der Waals surface area contributed by atoms with Crippen molar-refractivity contribution in [3.05, 3.63) is 59.9 Å². The third-order valence-electron chi connectivity index (χ3n) is 4.58. The van der Waals surface area contributed by atoms with E-state index in [4.69, 9.17) is 0 Å². The highest BCUT2D eigenvalue weighted by Gasteiger charge is 2.22. The van der Waals surface area contributed by atoms with Crippen molar-refractivity contribution in [2.24, 2.45) is 5.92 Å². The van der Waals surface area contributed by atoms with E-state index < -0.39 is 15.8 Å². The second kappa shape index (κ2) is 7.45. The van der Waals surface area contributed by atoms with Gasteiger partial charge in [-0.3, -0.25) is 9.52 Å². The van der Waals surface area contributed by atoms with Crippen LogP contribution >= 0.6 is 0 Å². The predicted molar refractivity (Wildman–Crippen MR) is 98.0 cm³/mol. The molecule has 1 N–H and O–H groups in total. The molecule has 1 amide bonds. The van der Waals surface area contributed by atoms with Crippen LogP contribution in [0.2, 0.25) is 0 Å². The van der Waals surface area contributed by atoms with E-state index >= 15 is 0 Å². The largest absolute Gasteiger partial charge is 0.339 e. The van der Waals surface area contributed by atoms with Crippen molar-refractivity contribution in [1.29, 1.82) is 0 Å². The number of rotatable bonds is 4. The van der Waals surface area contributed by atoms with Gasteiger partial charge < -0.3 is 4.90 Å². The molecule has 26 heavy (non-hydrogen) atoms. The van der Waals surface area contributed by atoms with Gasteiger partial charge in [-0.15, -0.1) is 0 Å². The quantitative estimate of drug-likeness (QED) is 0.888. The van der Waals surface area contributed by atoms with Crippen LogP contribution in [0.5, 0.6) is 0 Å². The molecule has 1 fully saturated rings. The standard InChI is InChI=1S/C19H21FN2O3S/c1-14-10-12-22(13-11-14)19(23)15-2-8-18(9-3-15)26(24,25)21-17-6-4-16(20)5-7-17/h2-9,14,21H,10-13H2,1H3. The Labute approximate surface area is 152 Å². The summed E-state index contributed by atoms with van der Waals surface area (Å²) in [6.07, 6.45) is 1.97. The maximum absolute atomic E-state index is 12.9. The second-order valence-electron chi connectivity index (χ2n) is 6.61. The number of sulfonamides is 1. The van der Waals surface area contributed by atoms with Crippen LogP contribution in [-0.4, -0.2) is 32.3 Å². The Balaban J connectivity index is 1.72. The number of carbonyl (C=O) groups is 1. The average molecular weight is 376 g/mol. The number of likely N-dealkylation sites (tertiary alicyclic amines) is 1. The van der Waals surface area contributed by atoms with Gasteiger partial charge in [0.25, 0.3) is 15.9 Å². The summed E-state index contributed by atoms with van der Waals surface area (Å²) in [6.45, 7) is 3.63. The molecule has 138 valence electrons. The first kappa shape index (κ1) is 18.4. The highest BCUT2D eigenvalue weighted by atomic mass is 32.2. The minimum atomic E-state index is -3.80. The van der Waals surface area contributed by atoms with E-state index in [1.54, 1.807) is 4.90 Å². The first-order chi connectivity index (χ1) is 12.3. The molecule has 1 saturated heterocycles. The summed E-state index contributed by atoms with van der Waals surface area (Å²) in [7, 11) is -3.80. The highest BCUT2D eigenvalue weighted by molar-refractivity contribution is 7.92. The van der Waals surface area contributed by atoms with E-state index in [0.717, 1.165) is 25.9 Å². The van der Waals surface area contributed by atoms with E-state index in [1.807, 2.05) is 0 Å². The van der Waals surface area contributed by atoms with E-state index in [9.17, 15) is 17.6 Å². The Morgan fingerprint density at radius 3 is 2.19 bits per heavy atom. The highest BCUT2D eigenvalue weighted by Crippen LogP contribution is 2.20. The fourth-order valence-electron chi connectivity index (χ4n) is 2.90. The van der Waals surface area contributed by atoms with Gasteiger partial charge in [0.15, 0.2) is 0 Å². The lowest BCUT2D eigenvalue weighted by Gasteiger charge is -2.30. The van der Waals surface area contributed by atoms with Crippen LogP contribution in [-0.2, 0) is 10.0 Å². The number of nitrogens with one attached hydrogen (secondary N) is 1. The van der Waals surface area contributed by atoms with E-state index in [0.29, 0.717) is 11.5 Å². The molecule has 1 aliphatic heterocycles. The molecule has 2 aromatic rings. The Morgan fingerprint density at radius 2 is 1.62 bits per heavy atom. The average Bonchev–Trinajstić information content (AvgIpc) is 2.64. The number of hydrogen-bond donors (Lipinski definition) is 1. The summed E-state index contributed by atoms with van der Waals surface area (Å²) in [5.74, 6) is 0.111. The number of nitrogens with zero attached hydrogens (tertiary/aromatic N) is 1. The minimum Gasteiger partial charge on any atom is -0.339 e. The van der Waals surface area contributed by atoms with Crippen molar-refractivity contribution >= 4 is 21.6 Å². The van der Waals surface area contributed by atoms with E-state index in [-0.39, 0.29) is 16.5 Å². The Kier molecular flexibility index (Phi) is 5.27.